The molecule has 17 heavy (non-hydrogen) atoms. The number of nitrogens with zero attached hydrogens (tertiary/aromatic N) is 1. The fourth-order valence-electron chi connectivity index (χ4n) is 1.83. The summed E-state index contributed by atoms with van der Waals surface area (Å²) in [6, 6.07) is 1.95. The second kappa shape index (κ2) is 5.29. The summed E-state index contributed by atoms with van der Waals surface area (Å²) in [5, 5.41) is 4.11. The summed E-state index contributed by atoms with van der Waals surface area (Å²) >= 11 is 11.8. The summed E-state index contributed by atoms with van der Waals surface area (Å²) in [6.45, 7) is 2.75. The Morgan fingerprint density at radius 1 is 1.47 bits per heavy atom. The van der Waals surface area contributed by atoms with Crippen LogP contribution in [0.5, 0.6) is 0 Å². The molecule has 0 amide bonds. The number of ether oxygens (including phenoxy) is 1. The Bertz CT molecular complexity index is 408. The standard InChI is InChI=1S/C11H15Cl2N3O/c1-2-17-7-3-6(4-7)15-11-9(13)5-8(12)10(14)16-11/h5-7H,2-4H2,1H3,(H3,14,15,16). The van der Waals surface area contributed by atoms with E-state index in [1.54, 1.807) is 6.07 Å². The predicted molar refractivity (Wildman–Crippen MR) is 70.7 cm³/mol. The molecule has 1 aliphatic rings. The quantitative estimate of drug-likeness (QED) is 0.887. The van der Waals surface area contributed by atoms with Gasteiger partial charge in [0.15, 0.2) is 0 Å². The van der Waals surface area contributed by atoms with Crippen LogP contribution in [0.3, 0.4) is 0 Å². The number of halogens is 2. The molecule has 0 spiro atoms. The second-order valence-corrected chi connectivity index (χ2v) is 4.89. The molecule has 0 atom stereocenters. The normalized spacial score (nSPS) is 23.2. The van der Waals surface area contributed by atoms with E-state index in [1.165, 1.54) is 0 Å². The van der Waals surface area contributed by atoms with Crippen molar-refractivity contribution in [2.24, 2.45) is 0 Å². The number of aromatic nitrogens is 1. The Hall–Kier alpha value is -0.710. The van der Waals surface area contributed by atoms with Crippen LogP contribution in [0.15, 0.2) is 6.07 Å². The number of hydrogen-bond acceptors (Lipinski definition) is 4. The molecule has 1 saturated carbocycles. The Labute approximate surface area is 110 Å². The van der Waals surface area contributed by atoms with Crippen LogP contribution in [0.4, 0.5) is 11.6 Å². The lowest BCUT2D eigenvalue weighted by Gasteiger charge is -2.35. The van der Waals surface area contributed by atoms with E-state index in [2.05, 4.69) is 10.3 Å². The molecule has 0 radical (unpaired) electrons. The highest BCUT2D eigenvalue weighted by Gasteiger charge is 2.30. The number of nitrogens with two attached hydrogens (primary N) is 1. The van der Waals surface area contributed by atoms with Gasteiger partial charge in [-0.05, 0) is 25.8 Å². The van der Waals surface area contributed by atoms with Crippen molar-refractivity contribution in [3.63, 3.8) is 0 Å². The molecule has 0 bridgehead atoms. The molecule has 2 rings (SSSR count). The lowest BCUT2D eigenvalue weighted by molar-refractivity contribution is 0.00293. The summed E-state index contributed by atoms with van der Waals surface area (Å²) in [5.41, 5.74) is 5.63. The zero-order valence-corrected chi connectivity index (χ0v) is 11.1. The first-order chi connectivity index (χ1) is 8.10. The summed E-state index contributed by atoms with van der Waals surface area (Å²) in [4.78, 5) is 4.13. The highest BCUT2D eigenvalue weighted by molar-refractivity contribution is 6.37. The number of rotatable bonds is 4. The highest BCUT2D eigenvalue weighted by Crippen LogP contribution is 2.31. The van der Waals surface area contributed by atoms with Crippen LogP contribution in [0.2, 0.25) is 10.0 Å². The molecule has 1 heterocycles. The van der Waals surface area contributed by atoms with Gasteiger partial charge in [-0.3, -0.25) is 0 Å². The first-order valence-electron chi connectivity index (χ1n) is 5.59. The van der Waals surface area contributed by atoms with Gasteiger partial charge in [0.1, 0.15) is 11.6 Å². The number of nitrogens with one attached hydrogen (secondary N) is 1. The van der Waals surface area contributed by atoms with Gasteiger partial charge >= 0.3 is 0 Å². The topological polar surface area (TPSA) is 60.2 Å². The largest absolute Gasteiger partial charge is 0.382 e. The van der Waals surface area contributed by atoms with Crippen molar-refractivity contribution in [1.29, 1.82) is 0 Å². The zero-order chi connectivity index (χ0) is 12.4. The molecule has 4 nitrogen and oxygen atoms in total. The van der Waals surface area contributed by atoms with Gasteiger partial charge in [0.2, 0.25) is 0 Å². The third kappa shape index (κ3) is 2.94. The zero-order valence-electron chi connectivity index (χ0n) is 9.54. The van der Waals surface area contributed by atoms with Crippen LogP contribution in [-0.4, -0.2) is 23.7 Å². The van der Waals surface area contributed by atoms with Crippen LogP contribution >= 0.6 is 23.2 Å². The number of hydrogen-bond donors (Lipinski definition) is 2. The summed E-state index contributed by atoms with van der Waals surface area (Å²) in [7, 11) is 0. The lowest BCUT2D eigenvalue weighted by atomic mass is 9.89. The van der Waals surface area contributed by atoms with E-state index < -0.39 is 0 Å². The number of anilines is 2. The average molecular weight is 276 g/mol. The van der Waals surface area contributed by atoms with Gasteiger partial charge in [0.25, 0.3) is 0 Å². The Balaban J connectivity index is 1.94. The van der Waals surface area contributed by atoms with Gasteiger partial charge in [-0.15, -0.1) is 0 Å². The minimum absolute atomic E-state index is 0.291. The summed E-state index contributed by atoms with van der Waals surface area (Å²) < 4.78 is 5.48. The van der Waals surface area contributed by atoms with E-state index in [0.717, 1.165) is 19.4 Å². The van der Waals surface area contributed by atoms with Gasteiger partial charge in [-0.1, -0.05) is 23.2 Å². The summed E-state index contributed by atoms with van der Waals surface area (Å²) in [6.07, 6.45) is 2.28. The van der Waals surface area contributed by atoms with E-state index >= 15 is 0 Å². The lowest BCUT2D eigenvalue weighted by Crippen LogP contribution is -2.41. The van der Waals surface area contributed by atoms with E-state index in [0.29, 0.717) is 33.8 Å². The Morgan fingerprint density at radius 2 is 2.18 bits per heavy atom. The third-order valence-electron chi connectivity index (χ3n) is 2.79. The molecule has 6 heteroatoms. The molecule has 1 aromatic heterocycles. The van der Waals surface area contributed by atoms with Crippen molar-refractivity contribution in [2.75, 3.05) is 17.7 Å². The predicted octanol–water partition coefficient (Wildman–Crippen LogP) is 2.95. The maximum Gasteiger partial charge on any atom is 0.147 e. The van der Waals surface area contributed by atoms with Crippen LogP contribution < -0.4 is 11.1 Å². The Morgan fingerprint density at radius 3 is 2.82 bits per heavy atom. The van der Waals surface area contributed by atoms with Crippen molar-refractivity contribution in [3.05, 3.63) is 16.1 Å². The van der Waals surface area contributed by atoms with Crippen molar-refractivity contribution >= 4 is 34.8 Å². The first-order valence-corrected chi connectivity index (χ1v) is 6.35. The second-order valence-electron chi connectivity index (χ2n) is 4.08. The maximum absolute atomic E-state index is 6.03. The third-order valence-corrected chi connectivity index (χ3v) is 3.39. The van der Waals surface area contributed by atoms with E-state index in [1.807, 2.05) is 6.92 Å². The SMILES string of the molecule is CCOC1CC(Nc2nc(N)c(Cl)cc2Cl)C1. The molecule has 0 unspecified atom stereocenters. The smallest absolute Gasteiger partial charge is 0.147 e. The van der Waals surface area contributed by atoms with Crippen molar-refractivity contribution in [1.82, 2.24) is 4.98 Å². The molecule has 0 saturated heterocycles. The van der Waals surface area contributed by atoms with Gasteiger partial charge in [-0.2, -0.15) is 0 Å². The highest BCUT2D eigenvalue weighted by atomic mass is 35.5. The van der Waals surface area contributed by atoms with Crippen LogP contribution in [-0.2, 0) is 4.74 Å². The minimum atomic E-state index is 0.291. The fourth-order valence-corrected chi connectivity index (χ4v) is 2.24. The molecular formula is C11H15Cl2N3O. The number of pyridine rings is 1. The van der Waals surface area contributed by atoms with Crippen molar-refractivity contribution < 1.29 is 4.74 Å². The van der Waals surface area contributed by atoms with Crippen molar-refractivity contribution in [2.45, 2.75) is 31.9 Å². The molecule has 0 aliphatic heterocycles. The molecular weight excluding hydrogens is 261 g/mol. The van der Waals surface area contributed by atoms with Gasteiger partial charge < -0.3 is 15.8 Å². The molecule has 0 aromatic carbocycles. The van der Waals surface area contributed by atoms with Crippen LogP contribution in [0, 0.1) is 0 Å². The molecule has 1 fully saturated rings. The van der Waals surface area contributed by atoms with E-state index in [4.69, 9.17) is 33.7 Å². The molecule has 1 aliphatic carbocycles. The van der Waals surface area contributed by atoms with Gasteiger partial charge in [0, 0.05) is 12.6 Å². The van der Waals surface area contributed by atoms with Crippen LogP contribution in [0.25, 0.3) is 0 Å². The Kier molecular flexibility index (Phi) is 3.97. The number of nitrogen functional groups attached to an aromatic ring is 1. The monoisotopic (exact) mass is 275 g/mol. The van der Waals surface area contributed by atoms with Gasteiger partial charge in [-0.25, -0.2) is 4.98 Å². The molecule has 94 valence electrons. The van der Waals surface area contributed by atoms with E-state index in [9.17, 15) is 0 Å². The first kappa shape index (κ1) is 12.7. The minimum Gasteiger partial charge on any atom is -0.382 e. The molecule has 1 aromatic rings. The maximum atomic E-state index is 6.03. The summed E-state index contributed by atoms with van der Waals surface area (Å²) in [5.74, 6) is 0.882. The average Bonchev–Trinajstić information content (AvgIpc) is 2.22. The fraction of sp³-hybridized carbons (Fsp3) is 0.545. The van der Waals surface area contributed by atoms with Crippen LogP contribution in [0.1, 0.15) is 19.8 Å². The van der Waals surface area contributed by atoms with Gasteiger partial charge in [0.05, 0.1) is 16.1 Å². The van der Waals surface area contributed by atoms with E-state index in [-0.39, 0.29) is 0 Å². The van der Waals surface area contributed by atoms with Crippen molar-refractivity contribution in [3.8, 4) is 0 Å². The molecule has 3 N–H and O–H groups in total.